The Hall–Kier alpha value is -1.27. The molecule has 0 amide bonds. The molecule has 0 spiro atoms. The molecule has 0 N–H and O–H groups in total. The molecule has 0 radical (unpaired) electrons. The monoisotopic (exact) mass is 298 g/mol. The highest BCUT2D eigenvalue weighted by atomic mass is 35.5. The van der Waals surface area contributed by atoms with E-state index in [4.69, 9.17) is 16.0 Å². The Bertz CT molecular complexity index is 556. The van der Waals surface area contributed by atoms with Gasteiger partial charge in [-0.15, -0.1) is 0 Å². The highest BCUT2D eigenvalue weighted by molar-refractivity contribution is 7.99. The highest BCUT2D eigenvalue weighted by Crippen LogP contribution is 2.29. The average Bonchev–Trinajstić information content (AvgIpc) is 2.76. The minimum Gasteiger partial charge on any atom is -0.468 e. The number of hydrogen-bond donors (Lipinski definition) is 0. The van der Waals surface area contributed by atoms with E-state index in [1.807, 2.05) is 31.7 Å². The van der Waals surface area contributed by atoms with Crippen molar-refractivity contribution in [3.8, 4) is 0 Å². The highest BCUT2D eigenvalue weighted by Gasteiger charge is 2.12. The Balaban J connectivity index is 2.29. The third kappa shape index (κ3) is 3.39. The SMILES string of the molecule is CCN(CC)c1nc(Cl)nc(Sc2ccoc2C)n1. The van der Waals surface area contributed by atoms with Crippen LogP contribution in [-0.4, -0.2) is 28.0 Å². The Kier molecular flexibility index (Phi) is 4.66. The molecule has 0 saturated carbocycles. The van der Waals surface area contributed by atoms with Crippen molar-refractivity contribution in [2.75, 3.05) is 18.0 Å². The molecule has 0 saturated heterocycles. The van der Waals surface area contributed by atoms with Crippen molar-refractivity contribution >= 4 is 29.3 Å². The van der Waals surface area contributed by atoms with Gasteiger partial charge >= 0.3 is 0 Å². The van der Waals surface area contributed by atoms with Crippen LogP contribution in [0, 0.1) is 6.92 Å². The van der Waals surface area contributed by atoms with Gasteiger partial charge < -0.3 is 9.32 Å². The molecule has 0 aliphatic heterocycles. The summed E-state index contributed by atoms with van der Waals surface area (Å²) in [6.07, 6.45) is 1.64. The second-order valence-corrected chi connectivity index (χ2v) is 5.15. The quantitative estimate of drug-likeness (QED) is 0.843. The number of nitrogens with zero attached hydrogens (tertiary/aromatic N) is 4. The van der Waals surface area contributed by atoms with Gasteiger partial charge in [-0.2, -0.15) is 15.0 Å². The number of hydrogen-bond acceptors (Lipinski definition) is 6. The number of aryl methyl sites for hydroxylation is 1. The van der Waals surface area contributed by atoms with Gasteiger partial charge in [0.1, 0.15) is 5.76 Å². The molecule has 0 unspecified atom stereocenters. The van der Waals surface area contributed by atoms with Gasteiger partial charge in [0.05, 0.1) is 11.2 Å². The third-order valence-corrected chi connectivity index (χ3v) is 3.81. The Labute approximate surface area is 121 Å². The number of halogens is 1. The molecule has 2 aromatic rings. The van der Waals surface area contributed by atoms with Gasteiger partial charge in [-0.05, 0) is 50.2 Å². The van der Waals surface area contributed by atoms with Crippen molar-refractivity contribution < 1.29 is 4.42 Å². The van der Waals surface area contributed by atoms with Crippen molar-refractivity contribution in [1.82, 2.24) is 15.0 Å². The van der Waals surface area contributed by atoms with E-state index in [9.17, 15) is 0 Å². The Morgan fingerprint density at radius 3 is 2.58 bits per heavy atom. The zero-order valence-corrected chi connectivity index (χ0v) is 12.6. The van der Waals surface area contributed by atoms with Gasteiger partial charge in [-0.25, -0.2) is 0 Å². The minimum absolute atomic E-state index is 0.209. The maximum atomic E-state index is 5.96. The summed E-state index contributed by atoms with van der Waals surface area (Å²) in [7, 11) is 0. The van der Waals surface area contributed by atoms with E-state index in [1.165, 1.54) is 11.8 Å². The second-order valence-electron chi connectivity index (χ2n) is 3.80. The lowest BCUT2D eigenvalue weighted by molar-refractivity contribution is 0.527. The fourth-order valence-corrected chi connectivity index (χ4v) is 2.57. The van der Waals surface area contributed by atoms with Crippen molar-refractivity contribution in [2.45, 2.75) is 30.8 Å². The number of aromatic nitrogens is 3. The summed E-state index contributed by atoms with van der Waals surface area (Å²) in [5, 5.41) is 0.784. The predicted molar refractivity (Wildman–Crippen MR) is 76.0 cm³/mol. The lowest BCUT2D eigenvalue weighted by Gasteiger charge is -2.18. The van der Waals surface area contributed by atoms with Crippen LogP contribution in [0.4, 0.5) is 5.95 Å². The topological polar surface area (TPSA) is 55.1 Å². The van der Waals surface area contributed by atoms with E-state index >= 15 is 0 Å². The maximum absolute atomic E-state index is 5.96. The number of anilines is 1. The molecule has 0 fully saturated rings. The first-order valence-corrected chi connectivity index (χ1v) is 7.22. The first-order chi connectivity index (χ1) is 9.13. The summed E-state index contributed by atoms with van der Waals surface area (Å²) in [6, 6.07) is 1.88. The van der Waals surface area contributed by atoms with Crippen LogP contribution in [0.15, 0.2) is 26.8 Å². The first kappa shape index (κ1) is 14.1. The van der Waals surface area contributed by atoms with Crippen LogP contribution in [0.3, 0.4) is 0 Å². The van der Waals surface area contributed by atoms with Crippen molar-refractivity contribution in [3.63, 3.8) is 0 Å². The molecule has 102 valence electrons. The maximum Gasteiger partial charge on any atom is 0.230 e. The fraction of sp³-hybridized carbons (Fsp3) is 0.417. The lowest BCUT2D eigenvalue weighted by atomic mass is 10.5. The van der Waals surface area contributed by atoms with Crippen LogP contribution in [-0.2, 0) is 0 Å². The standard InChI is InChI=1S/C12H15ClN4OS/c1-4-17(5-2)11-14-10(13)15-12(16-11)19-9-6-7-18-8(9)3/h6-7H,4-5H2,1-3H3. The van der Waals surface area contributed by atoms with E-state index in [1.54, 1.807) is 6.26 Å². The van der Waals surface area contributed by atoms with Crippen LogP contribution < -0.4 is 4.90 Å². The molecule has 5 nitrogen and oxygen atoms in total. The third-order valence-electron chi connectivity index (χ3n) is 2.63. The normalized spacial score (nSPS) is 10.7. The molecule has 0 atom stereocenters. The van der Waals surface area contributed by atoms with Crippen LogP contribution in [0.25, 0.3) is 0 Å². The summed E-state index contributed by atoms with van der Waals surface area (Å²) in [6.45, 7) is 7.65. The zero-order chi connectivity index (χ0) is 13.8. The van der Waals surface area contributed by atoms with Crippen molar-refractivity contribution in [1.29, 1.82) is 0 Å². The van der Waals surface area contributed by atoms with Crippen molar-refractivity contribution in [3.05, 3.63) is 23.4 Å². The van der Waals surface area contributed by atoms with Crippen LogP contribution >= 0.6 is 23.4 Å². The molecule has 19 heavy (non-hydrogen) atoms. The summed E-state index contributed by atoms with van der Waals surface area (Å²) >= 11 is 7.38. The van der Waals surface area contributed by atoms with Gasteiger partial charge in [0.15, 0.2) is 5.16 Å². The van der Waals surface area contributed by atoms with E-state index in [0.717, 1.165) is 23.7 Å². The smallest absolute Gasteiger partial charge is 0.230 e. The summed E-state index contributed by atoms with van der Waals surface area (Å²) in [5.41, 5.74) is 0. The van der Waals surface area contributed by atoms with Gasteiger partial charge in [-0.3, -0.25) is 0 Å². The molecule has 2 rings (SSSR count). The Morgan fingerprint density at radius 2 is 2.00 bits per heavy atom. The molecule has 2 aromatic heterocycles. The van der Waals surface area contributed by atoms with Gasteiger partial charge in [0, 0.05) is 13.1 Å². The van der Waals surface area contributed by atoms with Gasteiger partial charge in [0.25, 0.3) is 0 Å². The predicted octanol–water partition coefficient (Wildman–Crippen LogP) is 3.42. The summed E-state index contributed by atoms with van der Waals surface area (Å²) < 4.78 is 5.25. The van der Waals surface area contributed by atoms with Crippen LogP contribution in [0.1, 0.15) is 19.6 Å². The van der Waals surface area contributed by atoms with E-state index in [0.29, 0.717) is 11.1 Å². The number of furan rings is 1. The number of rotatable bonds is 5. The second kappa shape index (κ2) is 6.25. The largest absolute Gasteiger partial charge is 0.468 e. The molecule has 2 heterocycles. The molecule has 0 bridgehead atoms. The minimum atomic E-state index is 0.209. The van der Waals surface area contributed by atoms with Crippen LogP contribution in [0.2, 0.25) is 5.28 Å². The van der Waals surface area contributed by atoms with E-state index in [2.05, 4.69) is 15.0 Å². The molecular weight excluding hydrogens is 284 g/mol. The summed E-state index contributed by atoms with van der Waals surface area (Å²) in [4.78, 5) is 15.7. The molecule has 7 heteroatoms. The first-order valence-electron chi connectivity index (χ1n) is 6.02. The van der Waals surface area contributed by atoms with Gasteiger partial charge in [-0.1, -0.05) is 0 Å². The van der Waals surface area contributed by atoms with E-state index < -0.39 is 0 Å². The Morgan fingerprint density at radius 1 is 1.26 bits per heavy atom. The van der Waals surface area contributed by atoms with Gasteiger partial charge in [0.2, 0.25) is 11.2 Å². The summed E-state index contributed by atoms with van der Waals surface area (Å²) in [5.74, 6) is 1.44. The fourth-order valence-electron chi connectivity index (χ4n) is 1.59. The molecule has 0 aromatic carbocycles. The molecular formula is C12H15ClN4OS. The zero-order valence-electron chi connectivity index (χ0n) is 11.1. The molecule has 0 aliphatic rings. The lowest BCUT2D eigenvalue weighted by Crippen LogP contribution is -2.24. The van der Waals surface area contributed by atoms with Crippen molar-refractivity contribution in [2.24, 2.45) is 0 Å². The average molecular weight is 299 g/mol. The van der Waals surface area contributed by atoms with Crippen LogP contribution in [0.5, 0.6) is 0 Å². The molecule has 0 aliphatic carbocycles. The van der Waals surface area contributed by atoms with E-state index in [-0.39, 0.29) is 5.28 Å².